The Morgan fingerprint density at radius 3 is 2.50 bits per heavy atom. The van der Waals surface area contributed by atoms with E-state index in [2.05, 4.69) is 19.1 Å². The van der Waals surface area contributed by atoms with E-state index in [1.165, 1.54) is 12.7 Å². The van der Waals surface area contributed by atoms with Crippen molar-refractivity contribution in [2.45, 2.75) is 84.2 Å². The van der Waals surface area contributed by atoms with Crippen molar-refractivity contribution in [2.75, 3.05) is 26.8 Å². The molecule has 0 N–H and O–H groups in total. The van der Waals surface area contributed by atoms with Gasteiger partial charge in [-0.2, -0.15) is 0 Å². The van der Waals surface area contributed by atoms with Gasteiger partial charge < -0.3 is 14.4 Å². The number of carbonyl (C=O) groups is 2. The van der Waals surface area contributed by atoms with E-state index < -0.39 is 10.8 Å². The molecule has 1 fully saturated rings. The third-order valence-corrected chi connectivity index (χ3v) is 9.97. The first-order valence-electron chi connectivity index (χ1n) is 14.6. The van der Waals surface area contributed by atoms with Gasteiger partial charge in [-0.15, -0.1) is 0 Å². The maximum Gasteiger partial charge on any atom is 0.311 e. The van der Waals surface area contributed by atoms with Crippen LogP contribution in [0.1, 0.15) is 99.2 Å². The summed E-state index contributed by atoms with van der Waals surface area (Å²) in [5.74, 6) is -0.341. The number of benzene rings is 2. The highest BCUT2D eigenvalue weighted by Gasteiger charge is 2.57. The van der Waals surface area contributed by atoms with Crippen LogP contribution in [0.4, 0.5) is 0 Å². The first-order valence-corrected chi connectivity index (χ1v) is 15.3. The summed E-state index contributed by atoms with van der Waals surface area (Å²) in [5, 5.41) is 1.04. The molecular formula is C33H43Cl2NO4. The number of unbranched alkanes of at least 4 members (excludes halogenated alkanes) is 2. The van der Waals surface area contributed by atoms with E-state index in [0.29, 0.717) is 41.9 Å². The average Bonchev–Trinajstić information content (AvgIpc) is 3.01. The van der Waals surface area contributed by atoms with Gasteiger partial charge in [0.15, 0.2) is 0 Å². The number of carbonyl (C=O) groups excluding carboxylic acids is 2. The molecule has 0 bridgehead atoms. The molecule has 0 unspecified atom stereocenters. The zero-order valence-corrected chi connectivity index (χ0v) is 26.0. The van der Waals surface area contributed by atoms with Crippen molar-refractivity contribution < 1.29 is 19.1 Å². The smallest absolute Gasteiger partial charge is 0.311 e. The Morgan fingerprint density at radius 2 is 1.82 bits per heavy atom. The number of nitrogens with zero attached hydrogens (tertiary/aromatic N) is 1. The molecule has 4 rings (SSSR count). The highest BCUT2D eigenvalue weighted by Crippen LogP contribution is 2.57. The van der Waals surface area contributed by atoms with Gasteiger partial charge in [-0.05, 0) is 73.1 Å². The van der Waals surface area contributed by atoms with Crippen LogP contribution in [0.15, 0.2) is 36.4 Å². The van der Waals surface area contributed by atoms with Crippen molar-refractivity contribution in [3.8, 4) is 0 Å². The Hall–Kier alpha value is -2.08. The number of halogens is 2. The second-order valence-corrected chi connectivity index (χ2v) is 13.0. The predicted molar refractivity (Wildman–Crippen MR) is 161 cm³/mol. The summed E-state index contributed by atoms with van der Waals surface area (Å²) in [6, 6.07) is 12.1. The topological polar surface area (TPSA) is 55.8 Å². The molecule has 7 heteroatoms. The first-order chi connectivity index (χ1) is 19.0. The molecule has 2 aromatic carbocycles. The number of methoxy groups -OCH3 is 1. The molecule has 1 aliphatic heterocycles. The molecular weight excluding hydrogens is 545 g/mol. The Labute approximate surface area is 249 Å². The van der Waals surface area contributed by atoms with Gasteiger partial charge in [-0.3, -0.25) is 9.59 Å². The van der Waals surface area contributed by atoms with Gasteiger partial charge in [0, 0.05) is 30.6 Å². The van der Waals surface area contributed by atoms with Crippen molar-refractivity contribution in [3.63, 3.8) is 0 Å². The van der Waals surface area contributed by atoms with E-state index in [0.717, 1.165) is 49.7 Å². The standard InChI is InChI=1S/C33H43Cl2NO4/c1-22(2)27-25(34)19-24-28(29(27)35)30(37)36(17-10-7-11-18-40-21-23-13-8-6-9-14-23)20-26-32(24,3)15-12-16-33(26,4)31(38)39-5/h6,8-9,13-14,19,22,26H,7,10-12,15-18,20-21H2,1-5H3/t26-,32-,33-/m1/s1. The van der Waals surface area contributed by atoms with E-state index in [-0.39, 0.29) is 23.7 Å². The fourth-order valence-electron chi connectivity index (χ4n) is 7.00. The maximum atomic E-state index is 14.3. The van der Waals surface area contributed by atoms with Crippen molar-refractivity contribution in [1.82, 2.24) is 4.90 Å². The normalized spacial score (nSPS) is 24.4. The van der Waals surface area contributed by atoms with Crippen LogP contribution in [-0.2, 0) is 26.3 Å². The molecule has 2 aromatic rings. The maximum absolute atomic E-state index is 14.3. The summed E-state index contributed by atoms with van der Waals surface area (Å²) in [4.78, 5) is 29.4. The largest absolute Gasteiger partial charge is 0.469 e. The van der Waals surface area contributed by atoms with Crippen LogP contribution >= 0.6 is 23.2 Å². The summed E-state index contributed by atoms with van der Waals surface area (Å²) in [5.41, 5.74) is 2.23. The number of esters is 1. The minimum absolute atomic E-state index is 0.0678. The molecule has 0 spiro atoms. The quantitative estimate of drug-likeness (QED) is 0.207. The minimum Gasteiger partial charge on any atom is -0.469 e. The first kappa shape index (κ1) is 30.9. The molecule has 0 saturated heterocycles. The second kappa shape index (κ2) is 12.8. The Kier molecular flexibility index (Phi) is 9.91. The van der Waals surface area contributed by atoms with Crippen LogP contribution in [0.3, 0.4) is 0 Å². The Morgan fingerprint density at radius 1 is 1.10 bits per heavy atom. The van der Waals surface area contributed by atoms with Crippen molar-refractivity contribution in [1.29, 1.82) is 0 Å². The Bertz CT molecular complexity index is 1220. The zero-order valence-electron chi connectivity index (χ0n) is 24.5. The van der Waals surface area contributed by atoms with Gasteiger partial charge in [0.2, 0.25) is 0 Å². The molecule has 1 heterocycles. The Balaban J connectivity index is 1.59. The lowest BCUT2D eigenvalue weighted by atomic mass is 9.53. The molecule has 1 aliphatic carbocycles. The van der Waals surface area contributed by atoms with Crippen LogP contribution in [0.2, 0.25) is 10.0 Å². The van der Waals surface area contributed by atoms with Crippen molar-refractivity contribution in [3.05, 3.63) is 68.7 Å². The van der Waals surface area contributed by atoms with Gasteiger partial charge in [-0.25, -0.2) is 0 Å². The molecule has 1 saturated carbocycles. The van der Waals surface area contributed by atoms with Gasteiger partial charge >= 0.3 is 5.97 Å². The SMILES string of the molecule is COC(=O)[C@]1(C)CCC[C@]2(C)c3cc(Cl)c(C(C)C)c(Cl)c3C(=O)N(CCCCCOCc3ccccc3)C[C@@H]12. The molecule has 218 valence electrons. The fraction of sp³-hybridized carbons (Fsp3) is 0.576. The number of ether oxygens (including phenoxy) is 2. The number of amides is 1. The van der Waals surface area contributed by atoms with Crippen LogP contribution in [0, 0.1) is 11.3 Å². The van der Waals surface area contributed by atoms with Crippen LogP contribution in [-0.4, -0.2) is 43.6 Å². The van der Waals surface area contributed by atoms with E-state index in [9.17, 15) is 9.59 Å². The molecule has 3 atom stereocenters. The van der Waals surface area contributed by atoms with Gasteiger partial charge in [0.25, 0.3) is 5.91 Å². The number of hydrogen-bond donors (Lipinski definition) is 0. The third-order valence-electron chi connectivity index (χ3n) is 9.26. The van der Waals surface area contributed by atoms with Gasteiger partial charge in [0.1, 0.15) is 0 Å². The summed E-state index contributed by atoms with van der Waals surface area (Å²) >= 11 is 13.9. The second-order valence-electron chi connectivity index (χ2n) is 12.2. The highest BCUT2D eigenvalue weighted by molar-refractivity contribution is 6.38. The summed E-state index contributed by atoms with van der Waals surface area (Å²) in [7, 11) is 1.45. The van der Waals surface area contributed by atoms with E-state index in [1.54, 1.807) is 0 Å². The van der Waals surface area contributed by atoms with E-state index in [1.807, 2.05) is 49.9 Å². The van der Waals surface area contributed by atoms with Crippen molar-refractivity contribution in [2.24, 2.45) is 11.3 Å². The number of fused-ring (bicyclic) bond motifs is 3. The molecule has 2 aliphatic rings. The van der Waals surface area contributed by atoms with E-state index >= 15 is 0 Å². The fourth-order valence-corrected chi connectivity index (χ4v) is 7.98. The lowest BCUT2D eigenvalue weighted by molar-refractivity contribution is -0.161. The predicted octanol–water partition coefficient (Wildman–Crippen LogP) is 8.20. The van der Waals surface area contributed by atoms with Crippen LogP contribution in [0.5, 0.6) is 0 Å². The summed E-state index contributed by atoms with van der Waals surface area (Å²) in [6.07, 6.45) is 5.13. The lowest BCUT2D eigenvalue weighted by Gasteiger charge is -2.51. The minimum atomic E-state index is -0.719. The summed E-state index contributed by atoms with van der Waals surface area (Å²) in [6.45, 7) is 10.6. The number of hydrogen-bond acceptors (Lipinski definition) is 4. The molecule has 0 radical (unpaired) electrons. The van der Waals surface area contributed by atoms with Crippen LogP contribution in [0.25, 0.3) is 0 Å². The monoisotopic (exact) mass is 587 g/mol. The molecule has 0 aromatic heterocycles. The van der Waals surface area contributed by atoms with Crippen molar-refractivity contribution >= 4 is 35.1 Å². The third kappa shape index (κ3) is 5.93. The highest BCUT2D eigenvalue weighted by atomic mass is 35.5. The lowest BCUT2D eigenvalue weighted by Crippen LogP contribution is -2.54. The van der Waals surface area contributed by atoms with Gasteiger partial charge in [-0.1, -0.05) is 80.7 Å². The molecule has 1 amide bonds. The molecule has 40 heavy (non-hydrogen) atoms. The summed E-state index contributed by atoms with van der Waals surface area (Å²) < 4.78 is 11.2. The molecule has 5 nitrogen and oxygen atoms in total. The average molecular weight is 589 g/mol. The van der Waals surface area contributed by atoms with Crippen LogP contribution < -0.4 is 0 Å². The van der Waals surface area contributed by atoms with E-state index in [4.69, 9.17) is 32.7 Å². The number of rotatable bonds is 10. The van der Waals surface area contributed by atoms with Gasteiger partial charge in [0.05, 0.1) is 29.7 Å². The zero-order chi connectivity index (χ0) is 29.1.